The second kappa shape index (κ2) is 11.3. The van der Waals surface area contributed by atoms with E-state index in [1.54, 1.807) is 0 Å². The lowest BCUT2D eigenvalue weighted by Gasteiger charge is -2.20. The molecule has 0 N–H and O–H groups in total. The molecule has 10 rings (SSSR count). The van der Waals surface area contributed by atoms with Crippen LogP contribution < -0.4 is 0 Å². The van der Waals surface area contributed by atoms with Crippen molar-refractivity contribution in [3.8, 4) is 44.5 Å². The number of rotatable bonds is 4. The maximum absolute atomic E-state index is 2.38. The van der Waals surface area contributed by atoms with E-state index in [4.69, 9.17) is 0 Å². The predicted molar refractivity (Wildman–Crippen MR) is 214 cm³/mol. The Morgan fingerprint density at radius 1 is 0.286 bits per heavy atom. The fourth-order valence-corrected chi connectivity index (χ4v) is 9.12. The number of hydrogen-bond donors (Lipinski definition) is 0. The van der Waals surface area contributed by atoms with Gasteiger partial charge in [0.25, 0.3) is 0 Å². The average Bonchev–Trinajstić information content (AvgIpc) is 3.56. The van der Waals surface area contributed by atoms with Crippen LogP contribution in [0.5, 0.6) is 0 Å². The standard InChI is InChI=1S/C48H30S/c1-2-13-31(14-3-1)36-18-6-7-20-39(36)47-42-23-10-8-21-40(42)46(41-22-9-11-24-43(41)47)35-17-12-16-33(29-35)34-26-27-38-44-28-25-32-15-4-5-19-37(32)48(44)49-45(38)30-34/h1-30H. The van der Waals surface area contributed by atoms with Crippen molar-refractivity contribution in [2.24, 2.45) is 0 Å². The van der Waals surface area contributed by atoms with Crippen molar-refractivity contribution in [1.82, 2.24) is 0 Å². The highest BCUT2D eigenvalue weighted by Gasteiger charge is 2.19. The van der Waals surface area contributed by atoms with E-state index in [2.05, 4.69) is 182 Å². The summed E-state index contributed by atoms with van der Waals surface area (Å²) in [6, 6.07) is 66.9. The van der Waals surface area contributed by atoms with Gasteiger partial charge < -0.3 is 0 Å². The molecule has 0 aliphatic rings. The van der Waals surface area contributed by atoms with Gasteiger partial charge in [0.2, 0.25) is 0 Å². The van der Waals surface area contributed by atoms with E-state index >= 15 is 0 Å². The van der Waals surface area contributed by atoms with Crippen molar-refractivity contribution >= 4 is 63.8 Å². The summed E-state index contributed by atoms with van der Waals surface area (Å²) in [6.07, 6.45) is 0. The van der Waals surface area contributed by atoms with Crippen molar-refractivity contribution < 1.29 is 0 Å². The van der Waals surface area contributed by atoms with Gasteiger partial charge in [-0.3, -0.25) is 0 Å². The van der Waals surface area contributed by atoms with Crippen LogP contribution in [0.1, 0.15) is 0 Å². The molecule has 0 bridgehead atoms. The molecule has 0 radical (unpaired) electrons. The molecular formula is C48H30S. The van der Waals surface area contributed by atoms with Crippen LogP contribution in [0.4, 0.5) is 0 Å². The number of fused-ring (bicyclic) bond motifs is 7. The van der Waals surface area contributed by atoms with Gasteiger partial charge in [0.1, 0.15) is 0 Å². The highest BCUT2D eigenvalue weighted by Crippen LogP contribution is 2.47. The highest BCUT2D eigenvalue weighted by atomic mass is 32.1. The average molecular weight is 639 g/mol. The van der Waals surface area contributed by atoms with Gasteiger partial charge >= 0.3 is 0 Å². The van der Waals surface area contributed by atoms with E-state index in [0.717, 1.165) is 0 Å². The first-order valence-electron chi connectivity index (χ1n) is 16.8. The maximum Gasteiger partial charge on any atom is 0.0433 e. The van der Waals surface area contributed by atoms with Crippen LogP contribution in [0.2, 0.25) is 0 Å². The van der Waals surface area contributed by atoms with E-state index in [1.807, 2.05) is 11.3 Å². The second-order valence-electron chi connectivity index (χ2n) is 12.8. The van der Waals surface area contributed by atoms with Crippen molar-refractivity contribution in [3.05, 3.63) is 182 Å². The largest absolute Gasteiger partial charge is 0.135 e. The topological polar surface area (TPSA) is 0 Å². The molecule has 0 nitrogen and oxygen atoms in total. The molecule has 9 aromatic carbocycles. The Morgan fingerprint density at radius 2 is 0.837 bits per heavy atom. The Balaban J connectivity index is 1.18. The second-order valence-corrected chi connectivity index (χ2v) is 13.9. The smallest absolute Gasteiger partial charge is 0.0433 e. The Labute approximate surface area is 289 Å². The molecule has 0 fully saturated rings. The molecule has 0 saturated heterocycles. The van der Waals surface area contributed by atoms with Crippen molar-refractivity contribution in [3.63, 3.8) is 0 Å². The molecule has 49 heavy (non-hydrogen) atoms. The number of thiophene rings is 1. The minimum absolute atomic E-state index is 1.23. The monoisotopic (exact) mass is 638 g/mol. The van der Waals surface area contributed by atoms with Gasteiger partial charge in [-0.25, -0.2) is 0 Å². The number of hydrogen-bond acceptors (Lipinski definition) is 1. The Hall–Kier alpha value is -6.02. The van der Waals surface area contributed by atoms with Crippen LogP contribution in [-0.2, 0) is 0 Å². The first kappa shape index (κ1) is 28.0. The lowest BCUT2D eigenvalue weighted by Crippen LogP contribution is -1.92. The summed E-state index contributed by atoms with van der Waals surface area (Å²) in [5.74, 6) is 0. The van der Waals surface area contributed by atoms with Gasteiger partial charge in [-0.05, 0) is 89.0 Å². The van der Waals surface area contributed by atoms with Crippen molar-refractivity contribution in [1.29, 1.82) is 0 Å². The third kappa shape index (κ3) is 4.51. The maximum atomic E-state index is 2.38. The summed E-state index contributed by atoms with van der Waals surface area (Å²) in [5.41, 5.74) is 10.0. The zero-order valence-corrected chi connectivity index (χ0v) is 27.5. The van der Waals surface area contributed by atoms with Gasteiger partial charge in [-0.2, -0.15) is 0 Å². The Kier molecular flexibility index (Phi) is 6.47. The van der Waals surface area contributed by atoms with Gasteiger partial charge in [0, 0.05) is 20.2 Å². The van der Waals surface area contributed by atoms with E-state index in [0.29, 0.717) is 0 Å². The summed E-state index contributed by atoms with van der Waals surface area (Å²) in [5, 5.41) is 10.4. The van der Waals surface area contributed by atoms with Crippen LogP contribution in [0.3, 0.4) is 0 Å². The third-order valence-corrected chi connectivity index (χ3v) is 11.3. The first-order chi connectivity index (χ1) is 24.3. The van der Waals surface area contributed by atoms with Crippen LogP contribution >= 0.6 is 11.3 Å². The molecule has 0 unspecified atom stereocenters. The highest BCUT2D eigenvalue weighted by molar-refractivity contribution is 7.26. The van der Waals surface area contributed by atoms with E-state index in [-0.39, 0.29) is 0 Å². The lowest BCUT2D eigenvalue weighted by atomic mass is 9.83. The lowest BCUT2D eigenvalue weighted by molar-refractivity contribution is 1.60. The molecule has 0 aliphatic carbocycles. The van der Waals surface area contributed by atoms with Gasteiger partial charge in [0.05, 0.1) is 0 Å². The van der Waals surface area contributed by atoms with E-state index in [1.165, 1.54) is 97.0 Å². The molecule has 1 heteroatoms. The predicted octanol–water partition coefficient (Wildman–Crippen LogP) is 14.2. The Bertz CT molecular complexity index is 2820. The molecular weight excluding hydrogens is 609 g/mol. The van der Waals surface area contributed by atoms with Crippen molar-refractivity contribution in [2.45, 2.75) is 0 Å². The minimum Gasteiger partial charge on any atom is -0.135 e. The van der Waals surface area contributed by atoms with E-state index in [9.17, 15) is 0 Å². The molecule has 0 amide bonds. The summed E-state index contributed by atoms with van der Waals surface area (Å²) in [4.78, 5) is 0. The van der Waals surface area contributed by atoms with Crippen LogP contribution in [0, 0.1) is 0 Å². The quantitative estimate of drug-likeness (QED) is 0.168. The molecule has 228 valence electrons. The SMILES string of the molecule is c1ccc(-c2ccccc2-c2c3ccccc3c(-c3cccc(-c4ccc5c(c4)sc4c6ccccc6ccc54)c3)c3ccccc23)cc1. The molecule has 1 heterocycles. The third-order valence-electron chi connectivity index (χ3n) is 10.1. The molecule has 0 saturated carbocycles. The van der Waals surface area contributed by atoms with Crippen LogP contribution in [-0.4, -0.2) is 0 Å². The van der Waals surface area contributed by atoms with Gasteiger partial charge in [0.15, 0.2) is 0 Å². The molecule has 0 spiro atoms. The summed E-state index contributed by atoms with van der Waals surface area (Å²) in [7, 11) is 0. The minimum atomic E-state index is 1.23. The first-order valence-corrected chi connectivity index (χ1v) is 17.7. The van der Waals surface area contributed by atoms with Gasteiger partial charge in [-0.1, -0.05) is 170 Å². The normalized spacial score (nSPS) is 11.7. The van der Waals surface area contributed by atoms with Gasteiger partial charge in [-0.15, -0.1) is 11.3 Å². The van der Waals surface area contributed by atoms with Crippen molar-refractivity contribution in [2.75, 3.05) is 0 Å². The zero-order chi connectivity index (χ0) is 32.3. The van der Waals surface area contributed by atoms with E-state index < -0.39 is 0 Å². The zero-order valence-electron chi connectivity index (χ0n) is 26.7. The molecule has 0 aliphatic heterocycles. The summed E-state index contributed by atoms with van der Waals surface area (Å²) >= 11 is 1.90. The van der Waals surface area contributed by atoms with Crippen LogP contribution in [0.25, 0.3) is 97.0 Å². The number of benzene rings is 9. The summed E-state index contributed by atoms with van der Waals surface area (Å²) < 4.78 is 2.69. The Morgan fingerprint density at radius 3 is 1.59 bits per heavy atom. The fourth-order valence-electron chi connectivity index (χ4n) is 7.84. The molecule has 1 aromatic heterocycles. The fraction of sp³-hybridized carbons (Fsp3) is 0. The molecule has 0 atom stereocenters. The molecule has 10 aromatic rings. The summed E-state index contributed by atoms with van der Waals surface area (Å²) in [6.45, 7) is 0. The van der Waals surface area contributed by atoms with Crippen LogP contribution in [0.15, 0.2) is 182 Å².